The molecule has 4 aromatic rings. The van der Waals surface area contributed by atoms with Gasteiger partial charge in [0, 0.05) is 24.0 Å². The first-order valence-electron chi connectivity index (χ1n) is 8.80. The first kappa shape index (κ1) is 19.4. The van der Waals surface area contributed by atoms with Gasteiger partial charge in [0.25, 0.3) is 5.69 Å². The number of halogens is 1. The van der Waals surface area contributed by atoms with Crippen LogP contribution < -0.4 is 4.74 Å². The zero-order chi connectivity index (χ0) is 21.3. The second kappa shape index (κ2) is 7.84. The van der Waals surface area contributed by atoms with Crippen LogP contribution in [0.5, 0.6) is 11.5 Å². The molecule has 30 heavy (non-hydrogen) atoms. The number of nitro benzene ring substituents is 1. The third kappa shape index (κ3) is 3.56. The number of nitro groups is 1. The molecular formula is C21H15ClN4O4. The topological polar surface area (TPSA) is 102 Å². The third-order valence-corrected chi connectivity index (χ3v) is 4.78. The second-order valence-electron chi connectivity index (χ2n) is 6.33. The Bertz CT molecular complexity index is 1300. The lowest BCUT2D eigenvalue weighted by molar-refractivity contribution is -0.384. The van der Waals surface area contributed by atoms with E-state index in [0.29, 0.717) is 34.0 Å². The van der Waals surface area contributed by atoms with Gasteiger partial charge in [0.05, 0.1) is 12.0 Å². The van der Waals surface area contributed by atoms with E-state index in [-0.39, 0.29) is 16.5 Å². The van der Waals surface area contributed by atoms with E-state index >= 15 is 0 Å². The summed E-state index contributed by atoms with van der Waals surface area (Å²) in [6.07, 6.45) is 3.33. The minimum atomic E-state index is -0.540. The van der Waals surface area contributed by atoms with Gasteiger partial charge in [-0.1, -0.05) is 23.7 Å². The summed E-state index contributed by atoms with van der Waals surface area (Å²) in [5, 5.41) is 21.1. The SMILES string of the molecule is COc1cc(-c2nc3ccccn3c2/N=C/c2ccc(Cl)c([N+](=O)[O-])c2)ccc1O. The predicted octanol–water partition coefficient (Wildman–Crippen LogP) is 5.03. The number of phenolic OH excluding ortho intramolecular Hbond substituents is 1. The average molecular weight is 423 g/mol. The Hall–Kier alpha value is -3.91. The largest absolute Gasteiger partial charge is 0.504 e. The fourth-order valence-corrected chi connectivity index (χ4v) is 3.20. The minimum Gasteiger partial charge on any atom is -0.504 e. The molecule has 2 aromatic heterocycles. The number of aromatic hydroxyl groups is 1. The molecule has 0 fully saturated rings. The summed E-state index contributed by atoms with van der Waals surface area (Å²) in [4.78, 5) is 19.8. The van der Waals surface area contributed by atoms with Gasteiger partial charge < -0.3 is 9.84 Å². The lowest BCUT2D eigenvalue weighted by atomic mass is 10.1. The van der Waals surface area contributed by atoms with Crippen molar-refractivity contribution in [2.45, 2.75) is 0 Å². The maximum atomic E-state index is 11.1. The summed E-state index contributed by atoms with van der Waals surface area (Å²) in [5.41, 5.74) is 2.27. The number of ether oxygens (including phenoxy) is 1. The van der Waals surface area contributed by atoms with Crippen LogP contribution in [0.2, 0.25) is 5.02 Å². The molecule has 0 aliphatic carbocycles. The Balaban J connectivity index is 1.85. The van der Waals surface area contributed by atoms with Gasteiger partial charge in [0.15, 0.2) is 17.3 Å². The van der Waals surface area contributed by atoms with Gasteiger partial charge in [-0.25, -0.2) is 9.98 Å². The second-order valence-corrected chi connectivity index (χ2v) is 6.73. The van der Waals surface area contributed by atoms with Crippen molar-refractivity contribution < 1.29 is 14.8 Å². The lowest BCUT2D eigenvalue weighted by Crippen LogP contribution is -1.91. The van der Waals surface area contributed by atoms with Crippen molar-refractivity contribution in [3.63, 3.8) is 0 Å². The van der Waals surface area contributed by atoms with Crippen molar-refractivity contribution >= 4 is 35.0 Å². The highest BCUT2D eigenvalue weighted by Gasteiger charge is 2.16. The fourth-order valence-electron chi connectivity index (χ4n) is 3.01. The van der Waals surface area contributed by atoms with E-state index in [1.165, 1.54) is 31.5 Å². The number of hydrogen-bond acceptors (Lipinski definition) is 6. The molecule has 0 radical (unpaired) electrons. The van der Waals surface area contributed by atoms with E-state index in [2.05, 4.69) is 9.98 Å². The molecule has 0 spiro atoms. The minimum absolute atomic E-state index is 0.0172. The van der Waals surface area contributed by atoms with Gasteiger partial charge in [0.2, 0.25) is 0 Å². The van der Waals surface area contributed by atoms with Crippen LogP contribution in [0, 0.1) is 10.1 Å². The molecule has 0 saturated heterocycles. The molecule has 0 bridgehead atoms. The number of pyridine rings is 1. The van der Waals surface area contributed by atoms with Crippen LogP contribution in [0.15, 0.2) is 65.8 Å². The number of hydrogen-bond donors (Lipinski definition) is 1. The highest BCUT2D eigenvalue weighted by atomic mass is 35.5. The van der Waals surface area contributed by atoms with Gasteiger partial charge in [-0.2, -0.15) is 0 Å². The number of phenols is 1. The molecule has 1 N–H and O–H groups in total. The number of methoxy groups -OCH3 is 1. The van der Waals surface area contributed by atoms with Crippen molar-refractivity contribution in [2.24, 2.45) is 4.99 Å². The lowest BCUT2D eigenvalue weighted by Gasteiger charge is -2.06. The molecule has 0 saturated carbocycles. The Labute approximate surface area is 175 Å². The number of nitrogens with zero attached hydrogens (tertiary/aromatic N) is 4. The smallest absolute Gasteiger partial charge is 0.288 e. The number of imidazole rings is 1. The van der Waals surface area contributed by atoms with Gasteiger partial charge >= 0.3 is 0 Å². The Morgan fingerprint density at radius 2 is 2.07 bits per heavy atom. The molecule has 150 valence electrons. The molecule has 8 nitrogen and oxygen atoms in total. The highest BCUT2D eigenvalue weighted by Crippen LogP contribution is 2.36. The van der Waals surface area contributed by atoms with Crippen molar-refractivity contribution in [1.29, 1.82) is 0 Å². The summed E-state index contributed by atoms with van der Waals surface area (Å²) >= 11 is 5.88. The zero-order valence-corrected chi connectivity index (χ0v) is 16.4. The highest BCUT2D eigenvalue weighted by molar-refractivity contribution is 6.32. The zero-order valence-electron chi connectivity index (χ0n) is 15.7. The summed E-state index contributed by atoms with van der Waals surface area (Å²) < 4.78 is 7.00. The number of fused-ring (bicyclic) bond motifs is 1. The Kier molecular flexibility index (Phi) is 5.07. The first-order chi connectivity index (χ1) is 14.5. The number of aliphatic imine (C=N–C) groups is 1. The van der Waals surface area contributed by atoms with Crippen LogP contribution >= 0.6 is 11.6 Å². The van der Waals surface area contributed by atoms with E-state index in [4.69, 9.17) is 16.3 Å². The van der Waals surface area contributed by atoms with Crippen LogP contribution in [0.25, 0.3) is 16.9 Å². The van der Waals surface area contributed by atoms with Crippen molar-refractivity contribution in [3.8, 4) is 22.8 Å². The van der Waals surface area contributed by atoms with Crippen LogP contribution in [-0.2, 0) is 0 Å². The monoisotopic (exact) mass is 422 g/mol. The van der Waals surface area contributed by atoms with Gasteiger partial charge in [0.1, 0.15) is 16.4 Å². The van der Waals surface area contributed by atoms with Crippen molar-refractivity contribution in [2.75, 3.05) is 7.11 Å². The van der Waals surface area contributed by atoms with Crippen molar-refractivity contribution in [3.05, 3.63) is 81.5 Å². The Morgan fingerprint density at radius 1 is 1.23 bits per heavy atom. The van der Waals surface area contributed by atoms with E-state index in [9.17, 15) is 15.2 Å². The van der Waals surface area contributed by atoms with E-state index < -0.39 is 4.92 Å². The van der Waals surface area contributed by atoms with Crippen LogP contribution in [-0.4, -0.2) is 32.7 Å². The van der Waals surface area contributed by atoms with Gasteiger partial charge in [-0.15, -0.1) is 0 Å². The first-order valence-corrected chi connectivity index (χ1v) is 9.18. The van der Waals surface area contributed by atoms with Crippen LogP contribution in [0.1, 0.15) is 5.56 Å². The van der Waals surface area contributed by atoms with Gasteiger partial charge in [-0.05, 0) is 42.0 Å². The summed E-state index contributed by atoms with van der Waals surface area (Å²) in [6, 6.07) is 14.9. The van der Waals surface area contributed by atoms with E-state index in [1.54, 1.807) is 22.6 Å². The van der Waals surface area contributed by atoms with Crippen LogP contribution in [0.3, 0.4) is 0 Å². The average Bonchev–Trinajstić information content (AvgIpc) is 3.12. The molecule has 0 aliphatic heterocycles. The molecule has 0 aliphatic rings. The summed E-state index contributed by atoms with van der Waals surface area (Å²) in [5.74, 6) is 0.854. The normalized spacial score (nSPS) is 11.3. The summed E-state index contributed by atoms with van der Waals surface area (Å²) in [6.45, 7) is 0. The van der Waals surface area contributed by atoms with Crippen molar-refractivity contribution in [1.82, 2.24) is 9.38 Å². The molecule has 2 heterocycles. The maximum Gasteiger partial charge on any atom is 0.288 e. The predicted molar refractivity (Wildman–Crippen MR) is 114 cm³/mol. The number of benzene rings is 2. The molecule has 4 rings (SSSR count). The maximum absolute atomic E-state index is 11.1. The standard InChI is InChI=1S/C21H15ClN4O4/c1-30-18-11-14(6-8-17(18)27)20-21(25-9-3-2-4-19(25)24-20)23-12-13-5-7-15(22)16(10-13)26(28)29/h2-12,27H,1H3/b23-12+. The molecule has 0 atom stereocenters. The summed E-state index contributed by atoms with van der Waals surface area (Å²) in [7, 11) is 1.47. The quantitative estimate of drug-likeness (QED) is 0.276. The van der Waals surface area contributed by atoms with E-state index in [0.717, 1.165) is 0 Å². The van der Waals surface area contributed by atoms with E-state index in [1.807, 2.05) is 24.4 Å². The Morgan fingerprint density at radius 3 is 2.83 bits per heavy atom. The third-order valence-electron chi connectivity index (χ3n) is 4.46. The molecule has 9 heteroatoms. The molecule has 0 unspecified atom stereocenters. The van der Waals surface area contributed by atoms with Crippen LogP contribution in [0.4, 0.5) is 11.5 Å². The molecule has 0 amide bonds. The van der Waals surface area contributed by atoms with Gasteiger partial charge in [-0.3, -0.25) is 14.5 Å². The molecule has 2 aromatic carbocycles. The fraction of sp³-hybridized carbons (Fsp3) is 0.0476. The number of rotatable bonds is 5. The number of aromatic nitrogens is 2. The molecular weight excluding hydrogens is 408 g/mol.